The molecule has 0 saturated carbocycles. The smallest absolute Gasteiger partial charge is 0.222 e. The maximum atomic E-state index is 5.79. The minimum Gasteiger partial charge on any atom is -0.497 e. The van der Waals surface area contributed by atoms with Crippen LogP contribution in [0, 0.1) is 6.92 Å². The highest BCUT2D eigenvalue weighted by atomic mass is 16.5. The van der Waals surface area contributed by atoms with Crippen LogP contribution >= 0.6 is 0 Å². The van der Waals surface area contributed by atoms with Gasteiger partial charge in [0.2, 0.25) is 5.88 Å². The first-order valence-corrected chi connectivity index (χ1v) is 6.61. The number of aromatic nitrogens is 1. The summed E-state index contributed by atoms with van der Waals surface area (Å²) in [7, 11) is 1.64. The second kappa shape index (κ2) is 6.39. The molecule has 0 aliphatic rings. The van der Waals surface area contributed by atoms with Crippen LogP contribution in [0.4, 0.5) is 0 Å². The monoisotopic (exact) mass is 272 g/mol. The van der Waals surface area contributed by atoms with Gasteiger partial charge in [0.15, 0.2) is 0 Å². The van der Waals surface area contributed by atoms with Crippen LogP contribution < -0.4 is 15.2 Å². The summed E-state index contributed by atoms with van der Waals surface area (Å²) in [6, 6.07) is 9.62. The minimum atomic E-state index is 0.129. The number of ether oxygens (including phenoxy) is 2. The molecule has 4 nitrogen and oxygen atoms in total. The summed E-state index contributed by atoms with van der Waals surface area (Å²) < 4.78 is 10.9. The van der Waals surface area contributed by atoms with Gasteiger partial charge < -0.3 is 15.2 Å². The molecule has 4 heteroatoms. The predicted molar refractivity (Wildman–Crippen MR) is 79.4 cm³/mol. The SMILES string of the molecule is COc1ccc(Oc2ncc(CC(C)N)cc2C)cc1. The van der Waals surface area contributed by atoms with Gasteiger partial charge in [0.25, 0.3) is 0 Å². The lowest BCUT2D eigenvalue weighted by atomic mass is 10.1. The fraction of sp³-hybridized carbons (Fsp3) is 0.312. The highest BCUT2D eigenvalue weighted by Gasteiger charge is 2.06. The Morgan fingerprint density at radius 3 is 2.40 bits per heavy atom. The minimum absolute atomic E-state index is 0.129. The highest BCUT2D eigenvalue weighted by Crippen LogP contribution is 2.25. The molecule has 0 amide bonds. The number of hydrogen-bond acceptors (Lipinski definition) is 4. The van der Waals surface area contributed by atoms with Gasteiger partial charge in [-0.15, -0.1) is 0 Å². The largest absolute Gasteiger partial charge is 0.497 e. The molecule has 2 rings (SSSR count). The Balaban J connectivity index is 2.12. The third kappa shape index (κ3) is 3.71. The van der Waals surface area contributed by atoms with Gasteiger partial charge >= 0.3 is 0 Å². The van der Waals surface area contributed by atoms with E-state index in [1.54, 1.807) is 7.11 Å². The number of benzene rings is 1. The summed E-state index contributed by atoms with van der Waals surface area (Å²) in [4.78, 5) is 4.36. The fourth-order valence-electron chi connectivity index (χ4n) is 1.97. The molecule has 2 aromatic rings. The second-order valence-electron chi connectivity index (χ2n) is 4.92. The van der Waals surface area contributed by atoms with Gasteiger partial charge in [0.05, 0.1) is 7.11 Å². The summed E-state index contributed by atoms with van der Waals surface area (Å²) in [5.41, 5.74) is 7.92. The van der Waals surface area contributed by atoms with Gasteiger partial charge in [-0.2, -0.15) is 0 Å². The summed E-state index contributed by atoms with van der Waals surface area (Å²) in [5.74, 6) is 2.15. The summed E-state index contributed by atoms with van der Waals surface area (Å²) in [6.07, 6.45) is 2.63. The number of nitrogens with zero attached hydrogens (tertiary/aromatic N) is 1. The van der Waals surface area contributed by atoms with Crippen LogP contribution in [0.2, 0.25) is 0 Å². The zero-order valence-corrected chi connectivity index (χ0v) is 12.1. The first kappa shape index (κ1) is 14.3. The van der Waals surface area contributed by atoms with E-state index in [0.717, 1.165) is 29.0 Å². The summed E-state index contributed by atoms with van der Waals surface area (Å²) >= 11 is 0. The van der Waals surface area contributed by atoms with E-state index in [-0.39, 0.29) is 6.04 Å². The molecular formula is C16H20N2O2. The van der Waals surface area contributed by atoms with Gasteiger partial charge in [0.1, 0.15) is 11.5 Å². The van der Waals surface area contributed by atoms with Gasteiger partial charge in [-0.1, -0.05) is 0 Å². The Morgan fingerprint density at radius 1 is 1.20 bits per heavy atom. The van der Waals surface area contributed by atoms with Crippen LogP contribution in [0.1, 0.15) is 18.1 Å². The molecule has 1 aromatic heterocycles. The van der Waals surface area contributed by atoms with Gasteiger partial charge in [-0.3, -0.25) is 0 Å². The number of nitrogens with two attached hydrogens (primary N) is 1. The van der Waals surface area contributed by atoms with Crippen molar-refractivity contribution in [3.8, 4) is 17.4 Å². The van der Waals surface area contributed by atoms with Crippen molar-refractivity contribution >= 4 is 0 Å². The lowest BCUT2D eigenvalue weighted by Crippen LogP contribution is -2.17. The Bertz CT molecular complexity index is 565. The lowest BCUT2D eigenvalue weighted by Gasteiger charge is -2.10. The Kier molecular flexibility index (Phi) is 4.58. The molecule has 0 radical (unpaired) electrons. The van der Waals surface area contributed by atoms with Crippen molar-refractivity contribution < 1.29 is 9.47 Å². The Morgan fingerprint density at radius 2 is 1.85 bits per heavy atom. The highest BCUT2D eigenvalue weighted by molar-refractivity contribution is 5.36. The molecule has 106 valence electrons. The molecule has 0 bridgehead atoms. The molecule has 0 aliphatic heterocycles. The number of rotatable bonds is 5. The summed E-state index contributed by atoms with van der Waals surface area (Å²) in [5, 5.41) is 0. The first-order valence-electron chi connectivity index (χ1n) is 6.61. The maximum Gasteiger partial charge on any atom is 0.222 e. The van der Waals surface area contributed by atoms with E-state index in [1.165, 1.54) is 0 Å². The topological polar surface area (TPSA) is 57.4 Å². The molecule has 20 heavy (non-hydrogen) atoms. The van der Waals surface area contributed by atoms with Crippen LogP contribution in [-0.2, 0) is 6.42 Å². The van der Waals surface area contributed by atoms with Crippen molar-refractivity contribution in [2.75, 3.05) is 7.11 Å². The molecule has 1 atom stereocenters. The fourth-order valence-corrected chi connectivity index (χ4v) is 1.97. The van der Waals surface area contributed by atoms with E-state index in [1.807, 2.05) is 44.3 Å². The molecule has 0 aliphatic carbocycles. The van der Waals surface area contributed by atoms with E-state index in [9.17, 15) is 0 Å². The normalized spacial score (nSPS) is 12.0. The molecular weight excluding hydrogens is 252 g/mol. The molecule has 1 heterocycles. The zero-order valence-electron chi connectivity index (χ0n) is 12.1. The standard InChI is InChI=1S/C16H20N2O2/c1-11-8-13(9-12(2)17)10-18-16(11)20-15-6-4-14(19-3)5-7-15/h4-8,10,12H,9,17H2,1-3H3. The van der Waals surface area contributed by atoms with Crippen molar-refractivity contribution in [3.05, 3.63) is 47.7 Å². The first-order chi connectivity index (χ1) is 9.58. The van der Waals surface area contributed by atoms with Gasteiger partial charge in [-0.05, 0) is 56.2 Å². The number of pyridine rings is 1. The van der Waals surface area contributed by atoms with Crippen LogP contribution in [0.3, 0.4) is 0 Å². The number of aryl methyl sites for hydroxylation is 1. The molecule has 1 unspecified atom stereocenters. The number of methoxy groups -OCH3 is 1. The van der Waals surface area contributed by atoms with Gasteiger partial charge in [0, 0.05) is 17.8 Å². The third-order valence-electron chi connectivity index (χ3n) is 2.92. The van der Waals surface area contributed by atoms with Crippen LogP contribution in [0.5, 0.6) is 17.4 Å². The van der Waals surface area contributed by atoms with E-state index in [4.69, 9.17) is 15.2 Å². The molecule has 0 fully saturated rings. The van der Waals surface area contributed by atoms with E-state index >= 15 is 0 Å². The molecule has 2 N–H and O–H groups in total. The van der Waals surface area contributed by atoms with Crippen LogP contribution in [-0.4, -0.2) is 18.1 Å². The lowest BCUT2D eigenvalue weighted by molar-refractivity contribution is 0.412. The van der Waals surface area contributed by atoms with Crippen LogP contribution in [0.25, 0.3) is 0 Å². The third-order valence-corrected chi connectivity index (χ3v) is 2.92. The molecule has 0 spiro atoms. The van der Waals surface area contributed by atoms with E-state index in [0.29, 0.717) is 5.88 Å². The summed E-state index contributed by atoms with van der Waals surface area (Å²) in [6.45, 7) is 3.97. The van der Waals surface area contributed by atoms with E-state index < -0.39 is 0 Å². The van der Waals surface area contributed by atoms with E-state index in [2.05, 4.69) is 11.1 Å². The molecule has 0 saturated heterocycles. The van der Waals surface area contributed by atoms with Crippen molar-refractivity contribution in [1.29, 1.82) is 0 Å². The average molecular weight is 272 g/mol. The van der Waals surface area contributed by atoms with Crippen molar-refractivity contribution in [1.82, 2.24) is 4.98 Å². The van der Waals surface area contributed by atoms with Gasteiger partial charge in [-0.25, -0.2) is 4.98 Å². The Hall–Kier alpha value is -2.07. The molecule has 1 aromatic carbocycles. The predicted octanol–water partition coefficient (Wildman–Crippen LogP) is 3.08. The van der Waals surface area contributed by atoms with Crippen molar-refractivity contribution in [3.63, 3.8) is 0 Å². The van der Waals surface area contributed by atoms with Crippen molar-refractivity contribution in [2.45, 2.75) is 26.3 Å². The van der Waals surface area contributed by atoms with Crippen molar-refractivity contribution in [2.24, 2.45) is 5.73 Å². The quantitative estimate of drug-likeness (QED) is 0.908. The maximum absolute atomic E-state index is 5.79. The average Bonchev–Trinajstić information content (AvgIpc) is 2.42. The van der Waals surface area contributed by atoms with Crippen LogP contribution in [0.15, 0.2) is 36.5 Å². The second-order valence-corrected chi connectivity index (χ2v) is 4.92. The zero-order chi connectivity index (χ0) is 14.5. The Labute approximate surface area is 119 Å². The number of hydrogen-bond donors (Lipinski definition) is 1.